The third-order valence-corrected chi connectivity index (χ3v) is 1.97. The number of nitroso groups, excluding NO2 is 1. The molecule has 0 heterocycles. The smallest absolute Gasteiger partial charge is 0.115 e. The maximum absolute atomic E-state index is 10.1. The lowest BCUT2D eigenvalue weighted by Gasteiger charge is -2.02. The first-order chi connectivity index (χ1) is 6.22. The standard InChI is InChI=1S/C10H13NO2/c1-8(11-13)2-3-9-4-6-10(12)7-5-9/h4-8,12H,2-3H2,1H3. The zero-order chi connectivity index (χ0) is 9.68. The Balaban J connectivity index is 2.45. The van der Waals surface area contributed by atoms with E-state index in [4.69, 9.17) is 5.11 Å². The van der Waals surface area contributed by atoms with Gasteiger partial charge in [0.1, 0.15) is 5.75 Å². The molecule has 0 radical (unpaired) electrons. The van der Waals surface area contributed by atoms with E-state index in [1.165, 1.54) is 0 Å². The summed E-state index contributed by atoms with van der Waals surface area (Å²) in [6.45, 7) is 1.80. The molecule has 1 N–H and O–H groups in total. The summed E-state index contributed by atoms with van der Waals surface area (Å²) in [5, 5.41) is 11.9. The quantitative estimate of drug-likeness (QED) is 0.722. The number of nitrogens with zero attached hydrogens (tertiary/aromatic N) is 1. The molecule has 0 aliphatic carbocycles. The Morgan fingerprint density at radius 2 is 2.00 bits per heavy atom. The summed E-state index contributed by atoms with van der Waals surface area (Å²) >= 11 is 0. The van der Waals surface area contributed by atoms with E-state index in [9.17, 15) is 4.91 Å². The molecule has 3 heteroatoms. The van der Waals surface area contributed by atoms with E-state index in [1.807, 2.05) is 12.1 Å². The van der Waals surface area contributed by atoms with Gasteiger partial charge >= 0.3 is 0 Å². The van der Waals surface area contributed by atoms with Crippen molar-refractivity contribution in [3.63, 3.8) is 0 Å². The van der Waals surface area contributed by atoms with Crippen molar-refractivity contribution >= 4 is 0 Å². The van der Waals surface area contributed by atoms with Crippen LogP contribution in [0.25, 0.3) is 0 Å². The van der Waals surface area contributed by atoms with Crippen LogP contribution < -0.4 is 0 Å². The molecule has 1 aromatic carbocycles. The van der Waals surface area contributed by atoms with E-state index in [1.54, 1.807) is 19.1 Å². The SMILES string of the molecule is CC(CCc1ccc(O)cc1)N=O. The second-order valence-corrected chi connectivity index (χ2v) is 3.16. The van der Waals surface area contributed by atoms with Crippen LogP contribution in [0, 0.1) is 4.91 Å². The highest BCUT2D eigenvalue weighted by Gasteiger charge is 2.01. The first-order valence-electron chi connectivity index (χ1n) is 4.32. The zero-order valence-corrected chi connectivity index (χ0v) is 7.60. The van der Waals surface area contributed by atoms with Gasteiger partial charge in [-0.25, -0.2) is 0 Å². The summed E-state index contributed by atoms with van der Waals surface area (Å²) in [6.07, 6.45) is 1.58. The number of aryl methyl sites for hydroxylation is 1. The minimum absolute atomic E-state index is 0.131. The van der Waals surface area contributed by atoms with Gasteiger partial charge in [0, 0.05) is 0 Å². The third kappa shape index (κ3) is 3.23. The monoisotopic (exact) mass is 179 g/mol. The highest BCUT2D eigenvalue weighted by atomic mass is 16.3. The molecule has 3 nitrogen and oxygen atoms in total. The average molecular weight is 179 g/mol. The number of benzene rings is 1. The van der Waals surface area contributed by atoms with Crippen LogP contribution in [0.4, 0.5) is 0 Å². The molecule has 1 unspecified atom stereocenters. The average Bonchev–Trinajstić information content (AvgIpc) is 2.16. The highest BCUT2D eigenvalue weighted by Crippen LogP contribution is 2.12. The van der Waals surface area contributed by atoms with Gasteiger partial charge in [-0.3, -0.25) is 0 Å². The number of phenolic OH excluding ortho intramolecular Hbond substituents is 1. The van der Waals surface area contributed by atoms with Crippen molar-refractivity contribution in [3.05, 3.63) is 34.7 Å². The predicted octanol–water partition coefficient (Wildman–Crippen LogP) is 2.48. The van der Waals surface area contributed by atoms with E-state index in [2.05, 4.69) is 5.18 Å². The molecule has 13 heavy (non-hydrogen) atoms. The first-order valence-corrected chi connectivity index (χ1v) is 4.32. The fourth-order valence-corrected chi connectivity index (χ4v) is 1.09. The molecule has 0 amide bonds. The molecule has 1 rings (SSSR count). The van der Waals surface area contributed by atoms with Gasteiger partial charge in [-0.1, -0.05) is 17.3 Å². The Hall–Kier alpha value is -1.38. The minimum Gasteiger partial charge on any atom is -0.508 e. The Kier molecular flexibility index (Phi) is 3.43. The van der Waals surface area contributed by atoms with Crippen molar-refractivity contribution in [2.75, 3.05) is 0 Å². The lowest BCUT2D eigenvalue weighted by molar-refractivity contribution is 0.475. The largest absolute Gasteiger partial charge is 0.508 e. The number of hydrogen-bond acceptors (Lipinski definition) is 3. The number of hydrogen-bond donors (Lipinski definition) is 1. The van der Waals surface area contributed by atoms with Crippen LogP contribution in [-0.4, -0.2) is 11.1 Å². The lowest BCUT2D eigenvalue weighted by atomic mass is 10.1. The van der Waals surface area contributed by atoms with Gasteiger partial charge in [0.25, 0.3) is 0 Å². The summed E-state index contributed by atoms with van der Waals surface area (Å²) in [4.78, 5) is 10.1. The van der Waals surface area contributed by atoms with Crippen molar-refractivity contribution in [2.45, 2.75) is 25.8 Å². The van der Waals surface area contributed by atoms with E-state index in [0.717, 1.165) is 18.4 Å². The first kappa shape index (κ1) is 9.71. The fourth-order valence-electron chi connectivity index (χ4n) is 1.09. The van der Waals surface area contributed by atoms with Crippen LogP contribution in [0.5, 0.6) is 5.75 Å². The van der Waals surface area contributed by atoms with Gasteiger partial charge in [0.2, 0.25) is 0 Å². The van der Waals surface area contributed by atoms with Gasteiger partial charge in [-0.2, -0.15) is 4.91 Å². The molecule has 1 aromatic rings. The highest BCUT2D eigenvalue weighted by molar-refractivity contribution is 5.25. The van der Waals surface area contributed by atoms with Crippen LogP contribution in [0.1, 0.15) is 18.9 Å². The minimum atomic E-state index is -0.131. The molecule has 0 spiro atoms. The summed E-state index contributed by atoms with van der Waals surface area (Å²) in [5.74, 6) is 0.269. The second-order valence-electron chi connectivity index (χ2n) is 3.16. The van der Waals surface area contributed by atoms with E-state index in [0.29, 0.717) is 0 Å². The maximum atomic E-state index is 10.1. The molecular formula is C10H13NO2. The zero-order valence-electron chi connectivity index (χ0n) is 7.60. The summed E-state index contributed by atoms with van der Waals surface area (Å²) in [5.41, 5.74) is 1.12. The molecule has 0 aliphatic rings. The van der Waals surface area contributed by atoms with Gasteiger partial charge in [0.15, 0.2) is 0 Å². The van der Waals surface area contributed by atoms with Gasteiger partial charge in [-0.05, 0) is 37.5 Å². The van der Waals surface area contributed by atoms with Crippen molar-refractivity contribution in [1.29, 1.82) is 0 Å². The third-order valence-electron chi connectivity index (χ3n) is 1.97. The molecule has 0 aromatic heterocycles. The van der Waals surface area contributed by atoms with Crippen molar-refractivity contribution in [2.24, 2.45) is 5.18 Å². The Morgan fingerprint density at radius 1 is 1.38 bits per heavy atom. The van der Waals surface area contributed by atoms with Gasteiger partial charge in [0.05, 0.1) is 6.04 Å². The topological polar surface area (TPSA) is 49.7 Å². The molecule has 0 saturated heterocycles. The predicted molar refractivity (Wildman–Crippen MR) is 51.7 cm³/mol. The summed E-state index contributed by atoms with van der Waals surface area (Å²) in [6, 6.07) is 6.87. The molecule has 70 valence electrons. The second kappa shape index (κ2) is 4.60. The van der Waals surface area contributed by atoms with Gasteiger partial charge < -0.3 is 5.11 Å². The van der Waals surface area contributed by atoms with Crippen LogP contribution in [-0.2, 0) is 6.42 Å². The molecule has 0 bridgehead atoms. The lowest BCUT2D eigenvalue weighted by Crippen LogP contribution is -1.98. The maximum Gasteiger partial charge on any atom is 0.115 e. The normalized spacial score (nSPS) is 12.4. The van der Waals surface area contributed by atoms with Gasteiger partial charge in [-0.15, -0.1) is 0 Å². The van der Waals surface area contributed by atoms with E-state index < -0.39 is 0 Å². The van der Waals surface area contributed by atoms with Crippen LogP contribution >= 0.6 is 0 Å². The summed E-state index contributed by atoms with van der Waals surface area (Å²) in [7, 11) is 0. The Bertz CT molecular complexity index is 269. The van der Waals surface area contributed by atoms with Crippen molar-refractivity contribution < 1.29 is 5.11 Å². The van der Waals surface area contributed by atoms with Crippen molar-refractivity contribution in [1.82, 2.24) is 0 Å². The van der Waals surface area contributed by atoms with Crippen LogP contribution in [0.15, 0.2) is 29.4 Å². The Labute approximate surface area is 77.4 Å². The van der Waals surface area contributed by atoms with Crippen LogP contribution in [0.2, 0.25) is 0 Å². The summed E-state index contributed by atoms with van der Waals surface area (Å²) < 4.78 is 0. The molecule has 0 fully saturated rings. The molecular weight excluding hydrogens is 166 g/mol. The Morgan fingerprint density at radius 3 is 2.54 bits per heavy atom. The van der Waals surface area contributed by atoms with Crippen molar-refractivity contribution in [3.8, 4) is 5.75 Å². The van der Waals surface area contributed by atoms with E-state index in [-0.39, 0.29) is 11.8 Å². The fraction of sp³-hybridized carbons (Fsp3) is 0.400. The van der Waals surface area contributed by atoms with E-state index >= 15 is 0 Å². The molecule has 1 atom stereocenters. The number of phenols is 1. The van der Waals surface area contributed by atoms with Crippen LogP contribution in [0.3, 0.4) is 0 Å². The number of rotatable bonds is 4. The molecule has 0 saturated carbocycles. The molecule has 0 aliphatic heterocycles. The number of aromatic hydroxyl groups is 1.